The standard InChI is InChI=1S/C13H15ClO2/c1-9-7-8-11(16-9)13(15)12(14)10-5-3-2-4-6-10/h2-6,9,11-12H,7-8H2,1H3. The quantitative estimate of drug-likeness (QED) is 0.757. The van der Waals surface area contributed by atoms with Gasteiger partial charge in [0.05, 0.1) is 6.10 Å². The van der Waals surface area contributed by atoms with Gasteiger partial charge in [-0.3, -0.25) is 4.79 Å². The summed E-state index contributed by atoms with van der Waals surface area (Å²) in [5.41, 5.74) is 0.845. The summed E-state index contributed by atoms with van der Waals surface area (Å²) in [7, 11) is 0. The number of carbonyl (C=O) groups is 1. The topological polar surface area (TPSA) is 26.3 Å². The van der Waals surface area contributed by atoms with E-state index < -0.39 is 5.38 Å². The van der Waals surface area contributed by atoms with Crippen molar-refractivity contribution in [2.24, 2.45) is 0 Å². The first-order valence-corrected chi connectivity index (χ1v) is 6.00. The van der Waals surface area contributed by atoms with Crippen LogP contribution in [-0.4, -0.2) is 18.0 Å². The molecule has 1 aromatic carbocycles. The van der Waals surface area contributed by atoms with Crippen LogP contribution in [0.15, 0.2) is 30.3 Å². The molecule has 1 aliphatic heterocycles. The van der Waals surface area contributed by atoms with Gasteiger partial charge in [0.1, 0.15) is 11.5 Å². The second-order valence-electron chi connectivity index (χ2n) is 4.19. The lowest BCUT2D eigenvalue weighted by molar-refractivity contribution is -0.129. The lowest BCUT2D eigenvalue weighted by Crippen LogP contribution is -2.24. The SMILES string of the molecule is CC1CCC(C(=O)C(Cl)c2ccccc2)O1. The van der Waals surface area contributed by atoms with Gasteiger partial charge in [-0.05, 0) is 25.3 Å². The molecule has 1 aliphatic rings. The molecule has 3 heteroatoms. The fraction of sp³-hybridized carbons (Fsp3) is 0.462. The molecule has 1 aromatic rings. The number of ether oxygens (including phenoxy) is 1. The van der Waals surface area contributed by atoms with Crippen LogP contribution >= 0.6 is 11.6 Å². The molecule has 2 rings (SSSR count). The van der Waals surface area contributed by atoms with E-state index in [-0.39, 0.29) is 18.0 Å². The van der Waals surface area contributed by atoms with Gasteiger partial charge in [0.2, 0.25) is 0 Å². The Balaban J connectivity index is 2.05. The van der Waals surface area contributed by atoms with Crippen LogP contribution in [0.5, 0.6) is 0 Å². The van der Waals surface area contributed by atoms with Gasteiger partial charge in [0.25, 0.3) is 0 Å². The van der Waals surface area contributed by atoms with Crippen molar-refractivity contribution in [2.75, 3.05) is 0 Å². The van der Waals surface area contributed by atoms with Crippen molar-refractivity contribution >= 4 is 17.4 Å². The highest BCUT2D eigenvalue weighted by molar-refractivity contribution is 6.31. The van der Waals surface area contributed by atoms with Gasteiger partial charge in [-0.1, -0.05) is 30.3 Å². The Morgan fingerprint density at radius 3 is 2.62 bits per heavy atom. The van der Waals surface area contributed by atoms with Crippen LogP contribution < -0.4 is 0 Å². The molecule has 0 saturated carbocycles. The fourth-order valence-corrected chi connectivity index (χ4v) is 2.25. The van der Waals surface area contributed by atoms with Gasteiger partial charge in [-0.2, -0.15) is 0 Å². The van der Waals surface area contributed by atoms with Crippen LogP contribution in [0.2, 0.25) is 0 Å². The van der Waals surface area contributed by atoms with Crippen molar-refractivity contribution in [1.29, 1.82) is 0 Å². The second kappa shape index (κ2) is 4.98. The zero-order valence-corrected chi connectivity index (χ0v) is 9.98. The van der Waals surface area contributed by atoms with E-state index in [4.69, 9.17) is 16.3 Å². The molecule has 1 saturated heterocycles. The first-order valence-electron chi connectivity index (χ1n) is 5.56. The third kappa shape index (κ3) is 2.45. The molecule has 16 heavy (non-hydrogen) atoms. The molecule has 0 radical (unpaired) electrons. The number of hydrogen-bond donors (Lipinski definition) is 0. The molecule has 0 aliphatic carbocycles. The Labute approximate surface area is 101 Å². The Bertz CT molecular complexity index is 363. The molecule has 0 amide bonds. The van der Waals surface area contributed by atoms with E-state index in [2.05, 4.69) is 0 Å². The second-order valence-corrected chi connectivity index (χ2v) is 4.62. The van der Waals surface area contributed by atoms with Crippen LogP contribution in [0.4, 0.5) is 0 Å². The molecule has 2 nitrogen and oxygen atoms in total. The Kier molecular flexibility index (Phi) is 3.62. The van der Waals surface area contributed by atoms with Crippen molar-refractivity contribution < 1.29 is 9.53 Å². The van der Waals surface area contributed by atoms with E-state index in [1.807, 2.05) is 37.3 Å². The highest BCUT2D eigenvalue weighted by Gasteiger charge is 2.32. The summed E-state index contributed by atoms with van der Waals surface area (Å²) in [6.07, 6.45) is 1.58. The summed E-state index contributed by atoms with van der Waals surface area (Å²) in [5.74, 6) is -0.0165. The van der Waals surface area contributed by atoms with Crippen LogP contribution in [-0.2, 0) is 9.53 Å². The number of Topliss-reactive ketones (excluding diaryl/α,β-unsaturated/α-hetero) is 1. The summed E-state index contributed by atoms with van der Waals surface area (Å²) >= 11 is 6.15. The summed E-state index contributed by atoms with van der Waals surface area (Å²) in [5, 5.41) is -0.587. The van der Waals surface area contributed by atoms with Crippen molar-refractivity contribution in [3.05, 3.63) is 35.9 Å². The summed E-state index contributed by atoms with van der Waals surface area (Å²) in [4.78, 5) is 12.0. The minimum Gasteiger partial charge on any atom is -0.367 e. The highest BCUT2D eigenvalue weighted by atomic mass is 35.5. The summed E-state index contributed by atoms with van der Waals surface area (Å²) < 4.78 is 5.53. The molecule has 3 unspecified atom stereocenters. The third-order valence-electron chi connectivity index (χ3n) is 2.89. The van der Waals surface area contributed by atoms with Gasteiger partial charge < -0.3 is 4.74 Å². The van der Waals surface area contributed by atoms with E-state index in [0.29, 0.717) is 0 Å². The minimum absolute atomic E-state index is 0.0165. The van der Waals surface area contributed by atoms with Crippen LogP contribution in [0.25, 0.3) is 0 Å². The number of halogens is 1. The van der Waals surface area contributed by atoms with Crippen molar-refractivity contribution in [3.63, 3.8) is 0 Å². The maximum absolute atomic E-state index is 12.0. The van der Waals surface area contributed by atoms with Gasteiger partial charge in [0, 0.05) is 0 Å². The molecular weight excluding hydrogens is 224 g/mol. The molecule has 1 fully saturated rings. The number of carbonyl (C=O) groups excluding carboxylic acids is 1. The van der Waals surface area contributed by atoms with Crippen LogP contribution in [0, 0.1) is 0 Å². The first kappa shape index (κ1) is 11.6. The number of hydrogen-bond acceptors (Lipinski definition) is 2. The van der Waals surface area contributed by atoms with Crippen molar-refractivity contribution in [3.8, 4) is 0 Å². The van der Waals surface area contributed by atoms with Gasteiger partial charge in [-0.15, -0.1) is 11.6 Å². The molecule has 86 valence electrons. The van der Waals surface area contributed by atoms with Crippen LogP contribution in [0.1, 0.15) is 30.7 Å². The maximum atomic E-state index is 12.0. The first-order chi connectivity index (χ1) is 7.68. The van der Waals surface area contributed by atoms with Crippen LogP contribution in [0.3, 0.4) is 0 Å². The third-order valence-corrected chi connectivity index (χ3v) is 3.36. The van der Waals surface area contributed by atoms with Gasteiger partial charge in [0.15, 0.2) is 5.78 Å². The van der Waals surface area contributed by atoms with E-state index >= 15 is 0 Å². The largest absolute Gasteiger partial charge is 0.367 e. The molecule has 0 aromatic heterocycles. The zero-order valence-electron chi connectivity index (χ0n) is 9.23. The van der Waals surface area contributed by atoms with Gasteiger partial charge in [-0.25, -0.2) is 0 Å². The summed E-state index contributed by atoms with van der Waals surface area (Å²) in [6, 6.07) is 9.42. The Hall–Kier alpha value is -0.860. The maximum Gasteiger partial charge on any atom is 0.183 e. The molecule has 0 bridgehead atoms. The highest BCUT2D eigenvalue weighted by Crippen LogP contribution is 2.28. The van der Waals surface area contributed by atoms with Crippen molar-refractivity contribution in [2.45, 2.75) is 37.4 Å². The molecule has 3 atom stereocenters. The zero-order chi connectivity index (χ0) is 11.5. The van der Waals surface area contributed by atoms with E-state index in [1.165, 1.54) is 0 Å². The average molecular weight is 239 g/mol. The molecule has 0 spiro atoms. The van der Waals surface area contributed by atoms with Gasteiger partial charge >= 0.3 is 0 Å². The minimum atomic E-state index is -0.587. The molecular formula is C13H15ClO2. The Morgan fingerprint density at radius 2 is 2.06 bits per heavy atom. The molecule has 0 N–H and O–H groups in total. The number of benzene rings is 1. The van der Waals surface area contributed by atoms with E-state index in [9.17, 15) is 4.79 Å². The van der Waals surface area contributed by atoms with E-state index in [1.54, 1.807) is 0 Å². The fourth-order valence-electron chi connectivity index (χ4n) is 1.96. The molecule has 1 heterocycles. The lowest BCUT2D eigenvalue weighted by Gasteiger charge is -2.14. The number of rotatable bonds is 3. The number of ketones is 1. The normalized spacial score (nSPS) is 26.6. The predicted octanol–water partition coefficient (Wildman–Crippen LogP) is 3.10. The van der Waals surface area contributed by atoms with Crippen molar-refractivity contribution in [1.82, 2.24) is 0 Å². The predicted molar refractivity (Wildman–Crippen MR) is 63.6 cm³/mol. The summed E-state index contributed by atoms with van der Waals surface area (Å²) in [6.45, 7) is 1.99. The number of alkyl halides is 1. The lowest BCUT2D eigenvalue weighted by atomic mass is 10.0. The monoisotopic (exact) mass is 238 g/mol. The van der Waals surface area contributed by atoms with E-state index in [0.717, 1.165) is 18.4 Å². The Morgan fingerprint density at radius 1 is 1.38 bits per heavy atom. The smallest absolute Gasteiger partial charge is 0.183 e. The average Bonchev–Trinajstić information content (AvgIpc) is 2.75.